The number of nitrogens with one attached hydrogen (secondary N) is 3. The normalized spacial score (nSPS) is 16.9. The van der Waals surface area contributed by atoms with Gasteiger partial charge in [0.2, 0.25) is 23.6 Å². The average molecular weight is 363 g/mol. The molecule has 8 N–H and O–H groups in total. The molecule has 0 spiro atoms. The van der Waals surface area contributed by atoms with Gasteiger partial charge in [0, 0.05) is 5.75 Å². The Morgan fingerprint density at radius 3 is 1.75 bits per heavy atom. The summed E-state index contributed by atoms with van der Waals surface area (Å²) in [5.74, 6) is -2.69. The van der Waals surface area contributed by atoms with E-state index < -0.39 is 53.9 Å². The number of carbonyl (C=O) groups is 4. The Hall–Kier alpha value is -1.85. The van der Waals surface area contributed by atoms with Gasteiger partial charge in [0.1, 0.15) is 24.2 Å². The molecule has 24 heavy (non-hydrogen) atoms. The first-order valence-electron chi connectivity index (χ1n) is 7.26. The molecule has 0 aliphatic carbocycles. The van der Waals surface area contributed by atoms with E-state index in [1.165, 1.54) is 20.8 Å². The maximum atomic E-state index is 12.0. The monoisotopic (exact) mass is 363 g/mol. The lowest BCUT2D eigenvalue weighted by atomic mass is 10.1. The summed E-state index contributed by atoms with van der Waals surface area (Å²) < 4.78 is 0. The van der Waals surface area contributed by atoms with E-state index in [2.05, 4.69) is 28.6 Å². The molecule has 0 bridgehead atoms. The van der Waals surface area contributed by atoms with Gasteiger partial charge in [-0.3, -0.25) is 19.2 Å². The second-order valence-electron chi connectivity index (χ2n) is 5.37. The van der Waals surface area contributed by atoms with Crippen LogP contribution in [0.2, 0.25) is 0 Å². The molecule has 0 rings (SSSR count). The van der Waals surface area contributed by atoms with Gasteiger partial charge in [-0.05, 0) is 20.8 Å². The second-order valence-corrected chi connectivity index (χ2v) is 5.74. The molecule has 0 saturated carbocycles. The van der Waals surface area contributed by atoms with Gasteiger partial charge in [-0.15, -0.1) is 0 Å². The summed E-state index contributed by atoms with van der Waals surface area (Å²) in [6, 6.07) is -4.08. The van der Waals surface area contributed by atoms with Gasteiger partial charge in [-0.25, -0.2) is 0 Å². The van der Waals surface area contributed by atoms with E-state index in [0.29, 0.717) is 0 Å². The Kier molecular flexibility index (Phi) is 9.33. The van der Waals surface area contributed by atoms with Crippen molar-refractivity contribution in [1.29, 1.82) is 0 Å². The number of nitrogens with two attached hydrogens (primary N) is 2. The van der Waals surface area contributed by atoms with Crippen LogP contribution in [0, 0.1) is 0 Å². The highest BCUT2D eigenvalue weighted by Gasteiger charge is 2.26. The van der Waals surface area contributed by atoms with Crippen LogP contribution in [0.25, 0.3) is 0 Å². The third-order valence-corrected chi connectivity index (χ3v) is 3.53. The van der Waals surface area contributed by atoms with Crippen LogP contribution >= 0.6 is 12.6 Å². The van der Waals surface area contributed by atoms with E-state index in [0.717, 1.165) is 0 Å². The molecule has 0 aromatic carbocycles. The molecule has 11 heteroatoms. The van der Waals surface area contributed by atoms with E-state index in [4.69, 9.17) is 11.5 Å². The van der Waals surface area contributed by atoms with Crippen LogP contribution in [0.5, 0.6) is 0 Å². The van der Waals surface area contributed by atoms with Crippen molar-refractivity contribution in [3.05, 3.63) is 0 Å². The number of rotatable bonds is 9. The van der Waals surface area contributed by atoms with E-state index in [9.17, 15) is 24.3 Å². The predicted molar refractivity (Wildman–Crippen MR) is 89.8 cm³/mol. The highest BCUT2D eigenvalue weighted by atomic mass is 32.1. The Morgan fingerprint density at radius 2 is 1.38 bits per heavy atom. The van der Waals surface area contributed by atoms with E-state index >= 15 is 0 Å². The minimum absolute atomic E-state index is 0.0193. The minimum atomic E-state index is -1.17. The fourth-order valence-electron chi connectivity index (χ4n) is 1.50. The lowest BCUT2D eigenvalue weighted by molar-refractivity contribution is -0.133. The lowest BCUT2D eigenvalue weighted by Crippen LogP contribution is -2.57. The number of hydrogen-bond acceptors (Lipinski definition) is 7. The summed E-state index contributed by atoms with van der Waals surface area (Å²) in [7, 11) is 0. The van der Waals surface area contributed by atoms with Crippen LogP contribution in [-0.2, 0) is 19.2 Å². The summed E-state index contributed by atoms with van der Waals surface area (Å²) >= 11 is 3.89. The van der Waals surface area contributed by atoms with Crippen LogP contribution in [0.4, 0.5) is 0 Å². The first-order chi connectivity index (χ1) is 11.0. The summed E-state index contributed by atoms with van der Waals surface area (Å²) in [4.78, 5) is 46.6. The first kappa shape index (κ1) is 22.1. The standard InChI is InChI=1S/C13H25N5O5S/c1-5(17-13(23)9(14)7(3)19)11(21)16-6(2)12(22)18-8(4-24)10(15)20/h5-9,19,24H,4,14H2,1-3H3,(H2,15,20)(H,16,21)(H,17,23)(H,18,22)/t5-,6-,7+,8-,9-/m0/s1. The van der Waals surface area contributed by atoms with Crippen LogP contribution in [0.3, 0.4) is 0 Å². The SMILES string of the molecule is C[C@H](NC(=O)[C@H](C)NC(=O)[C@@H](N)[C@@H](C)O)C(=O)N[C@@H](CS)C(N)=O. The van der Waals surface area contributed by atoms with Gasteiger partial charge in [0.15, 0.2) is 0 Å². The van der Waals surface area contributed by atoms with Gasteiger partial charge >= 0.3 is 0 Å². The molecular weight excluding hydrogens is 338 g/mol. The molecule has 0 fully saturated rings. The fourth-order valence-corrected chi connectivity index (χ4v) is 1.77. The molecular formula is C13H25N5O5S. The number of hydrogen-bond donors (Lipinski definition) is 7. The summed E-state index contributed by atoms with van der Waals surface area (Å²) in [6.45, 7) is 4.14. The number of primary amides is 1. The van der Waals surface area contributed by atoms with Crippen molar-refractivity contribution in [3.8, 4) is 0 Å². The third kappa shape index (κ3) is 7.15. The van der Waals surface area contributed by atoms with Crippen LogP contribution < -0.4 is 27.4 Å². The highest BCUT2D eigenvalue weighted by Crippen LogP contribution is 1.94. The molecule has 10 nitrogen and oxygen atoms in total. The van der Waals surface area contributed by atoms with Crippen molar-refractivity contribution >= 4 is 36.3 Å². The molecule has 0 heterocycles. The number of amides is 4. The molecule has 0 radical (unpaired) electrons. The van der Waals surface area contributed by atoms with Gasteiger partial charge in [0.05, 0.1) is 6.10 Å². The Bertz CT molecular complexity index is 487. The lowest BCUT2D eigenvalue weighted by Gasteiger charge is -2.21. The van der Waals surface area contributed by atoms with E-state index in [1.54, 1.807) is 0 Å². The molecule has 0 aliphatic rings. The predicted octanol–water partition coefficient (Wildman–Crippen LogP) is -3.40. The molecule has 5 atom stereocenters. The zero-order chi connectivity index (χ0) is 19.0. The Labute approximate surface area is 145 Å². The summed E-state index contributed by atoms with van der Waals surface area (Å²) in [5.41, 5.74) is 10.5. The fraction of sp³-hybridized carbons (Fsp3) is 0.692. The molecule has 138 valence electrons. The molecule has 0 unspecified atom stereocenters. The number of aliphatic hydroxyl groups is 1. The topological polar surface area (TPSA) is 177 Å². The molecule has 0 aromatic rings. The van der Waals surface area contributed by atoms with Gasteiger partial charge in [-0.1, -0.05) is 0 Å². The van der Waals surface area contributed by atoms with Crippen molar-refractivity contribution in [2.24, 2.45) is 11.5 Å². The van der Waals surface area contributed by atoms with Crippen molar-refractivity contribution in [3.63, 3.8) is 0 Å². The minimum Gasteiger partial charge on any atom is -0.391 e. The van der Waals surface area contributed by atoms with Crippen molar-refractivity contribution in [2.45, 2.75) is 51.0 Å². The summed E-state index contributed by atoms with van der Waals surface area (Å²) in [5, 5.41) is 16.3. The molecule has 4 amide bonds. The third-order valence-electron chi connectivity index (χ3n) is 3.17. The Balaban J connectivity index is 4.55. The van der Waals surface area contributed by atoms with Crippen LogP contribution in [0.1, 0.15) is 20.8 Å². The number of aliphatic hydroxyl groups excluding tert-OH is 1. The van der Waals surface area contributed by atoms with Crippen molar-refractivity contribution in [1.82, 2.24) is 16.0 Å². The van der Waals surface area contributed by atoms with Crippen molar-refractivity contribution < 1.29 is 24.3 Å². The molecule has 0 aliphatic heterocycles. The van der Waals surface area contributed by atoms with Gasteiger partial charge in [0.25, 0.3) is 0 Å². The maximum absolute atomic E-state index is 12.0. The summed E-state index contributed by atoms with van der Waals surface area (Å²) in [6.07, 6.45) is -1.07. The molecule has 0 saturated heterocycles. The second kappa shape index (κ2) is 10.1. The van der Waals surface area contributed by atoms with E-state index in [1.807, 2.05) is 0 Å². The smallest absolute Gasteiger partial charge is 0.242 e. The Morgan fingerprint density at radius 1 is 0.958 bits per heavy atom. The highest BCUT2D eigenvalue weighted by molar-refractivity contribution is 7.80. The largest absolute Gasteiger partial charge is 0.391 e. The number of carbonyl (C=O) groups excluding carboxylic acids is 4. The van der Waals surface area contributed by atoms with Crippen molar-refractivity contribution in [2.75, 3.05) is 5.75 Å². The zero-order valence-corrected chi connectivity index (χ0v) is 14.7. The first-order valence-corrected chi connectivity index (χ1v) is 7.89. The van der Waals surface area contributed by atoms with Crippen LogP contribution in [-0.4, -0.2) is 64.8 Å². The molecule has 0 aromatic heterocycles. The average Bonchev–Trinajstić information content (AvgIpc) is 2.50. The van der Waals surface area contributed by atoms with Gasteiger partial charge < -0.3 is 32.5 Å². The maximum Gasteiger partial charge on any atom is 0.242 e. The number of thiol groups is 1. The quantitative estimate of drug-likeness (QED) is 0.210. The van der Waals surface area contributed by atoms with Gasteiger partial charge in [-0.2, -0.15) is 12.6 Å². The van der Waals surface area contributed by atoms with E-state index in [-0.39, 0.29) is 5.75 Å². The zero-order valence-electron chi connectivity index (χ0n) is 13.8. The van der Waals surface area contributed by atoms with Crippen LogP contribution in [0.15, 0.2) is 0 Å².